The van der Waals surface area contributed by atoms with E-state index in [1.165, 1.54) is 283 Å². The zero-order valence-electron chi connectivity index (χ0n) is 68.2. The van der Waals surface area contributed by atoms with E-state index in [2.05, 4.69) is 34.6 Å². The Hall–Kier alpha value is -1.94. The molecule has 0 amide bonds. The average Bonchev–Trinajstić information content (AvgIpc) is 0.904. The molecule has 0 aromatic heterocycles. The minimum absolute atomic E-state index is 0.108. The maximum atomic E-state index is 13.1. The Morgan fingerprint density at radius 1 is 0.260 bits per heavy atom. The smallest absolute Gasteiger partial charge is 0.462 e. The number of aliphatic hydroxyl groups excluding tert-OH is 1. The van der Waals surface area contributed by atoms with Crippen LogP contribution in [0.1, 0.15) is 458 Å². The third-order valence-electron chi connectivity index (χ3n) is 20.0. The van der Waals surface area contributed by atoms with Crippen LogP contribution in [-0.4, -0.2) is 96.7 Å². The summed E-state index contributed by atoms with van der Waals surface area (Å²) >= 11 is 0. The largest absolute Gasteiger partial charge is 0.472 e. The predicted octanol–water partition coefficient (Wildman–Crippen LogP) is 26.0. The van der Waals surface area contributed by atoms with Gasteiger partial charge in [0.25, 0.3) is 0 Å². The van der Waals surface area contributed by atoms with Crippen molar-refractivity contribution in [1.29, 1.82) is 0 Å². The summed E-state index contributed by atoms with van der Waals surface area (Å²) in [5.41, 5.74) is 0. The van der Waals surface area contributed by atoms with E-state index in [4.69, 9.17) is 37.0 Å². The first kappa shape index (κ1) is 102. The molecule has 0 aliphatic carbocycles. The summed E-state index contributed by atoms with van der Waals surface area (Å²) in [6, 6.07) is 0. The molecule has 0 saturated carbocycles. The van der Waals surface area contributed by atoms with Crippen LogP contribution in [0.15, 0.2) is 0 Å². The van der Waals surface area contributed by atoms with E-state index in [1.54, 1.807) is 0 Å². The fourth-order valence-electron chi connectivity index (χ4n) is 13.3. The first-order valence-corrected chi connectivity index (χ1v) is 47.1. The van der Waals surface area contributed by atoms with Crippen LogP contribution in [-0.2, 0) is 65.4 Å². The number of phosphoric acid groups is 2. The maximum absolute atomic E-state index is 13.1. The lowest BCUT2D eigenvalue weighted by atomic mass is 10.0. The van der Waals surface area contributed by atoms with Crippen molar-refractivity contribution >= 4 is 39.5 Å². The van der Waals surface area contributed by atoms with Crippen molar-refractivity contribution in [2.24, 2.45) is 5.92 Å². The van der Waals surface area contributed by atoms with Gasteiger partial charge in [-0.25, -0.2) is 9.13 Å². The summed E-state index contributed by atoms with van der Waals surface area (Å²) in [6.07, 6.45) is 70.8. The molecule has 104 heavy (non-hydrogen) atoms. The summed E-state index contributed by atoms with van der Waals surface area (Å²) < 4.78 is 68.8. The van der Waals surface area contributed by atoms with Crippen molar-refractivity contribution in [3.63, 3.8) is 0 Å². The Labute approximate surface area is 638 Å². The molecule has 0 spiro atoms. The molecule has 0 radical (unpaired) electrons. The molecule has 0 bridgehead atoms. The number of hydrogen-bond acceptors (Lipinski definition) is 15. The normalized spacial score (nSPS) is 13.8. The second-order valence-electron chi connectivity index (χ2n) is 31.1. The number of hydrogen-bond donors (Lipinski definition) is 3. The number of phosphoric ester groups is 2. The summed E-state index contributed by atoms with van der Waals surface area (Å²) in [5, 5.41) is 10.7. The number of carbonyl (C=O) groups excluding carboxylic acids is 4. The number of esters is 4. The van der Waals surface area contributed by atoms with Gasteiger partial charge in [-0.15, -0.1) is 0 Å². The van der Waals surface area contributed by atoms with Crippen LogP contribution < -0.4 is 0 Å². The fourth-order valence-corrected chi connectivity index (χ4v) is 14.9. The number of carbonyl (C=O) groups is 4. The van der Waals surface area contributed by atoms with Gasteiger partial charge in [-0.1, -0.05) is 407 Å². The molecule has 19 heteroatoms. The van der Waals surface area contributed by atoms with E-state index in [9.17, 15) is 43.2 Å². The number of aliphatic hydroxyl groups is 1. The highest BCUT2D eigenvalue weighted by Gasteiger charge is 2.30. The van der Waals surface area contributed by atoms with E-state index < -0.39 is 97.5 Å². The molecule has 5 atom stereocenters. The minimum atomic E-state index is -4.96. The Balaban J connectivity index is 5.22. The van der Waals surface area contributed by atoms with Crippen molar-refractivity contribution in [1.82, 2.24) is 0 Å². The van der Waals surface area contributed by atoms with Crippen molar-refractivity contribution in [2.75, 3.05) is 39.6 Å². The van der Waals surface area contributed by atoms with Gasteiger partial charge >= 0.3 is 39.5 Å². The summed E-state index contributed by atoms with van der Waals surface area (Å²) in [6.45, 7) is 7.39. The van der Waals surface area contributed by atoms with E-state index in [-0.39, 0.29) is 25.7 Å². The lowest BCUT2D eigenvalue weighted by molar-refractivity contribution is -0.161. The lowest BCUT2D eigenvalue weighted by Gasteiger charge is -2.21. The van der Waals surface area contributed by atoms with Gasteiger partial charge in [-0.2, -0.15) is 0 Å². The number of ether oxygens (including phenoxy) is 4. The van der Waals surface area contributed by atoms with Gasteiger partial charge in [-0.05, 0) is 31.6 Å². The van der Waals surface area contributed by atoms with Crippen molar-refractivity contribution in [2.45, 2.75) is 477 Å². The molecule has 2 unspecified atom stereocenters. The van der Waals surface area contributed by atoms with Crippen LogP contribution in [0.2, 0.25) is 0 Å². The van der Waals surface area contributed by atoms with Crippen LogP contribution in [0, 0.1) is 5.92 Å². The zero-order valence-corrected chi connectivity index (χ0v) is 70.0. The molecule has 3 N–H and O–H groups in total. The van der Waals surface area contributed by atoms with E-state index >= 15 is 0 Å². The first-order chi connectivity index (χ1) is 50.5. The average molecular weight is 1520 g/mol. The number of unbranched alkanes of at least 4 members (excludes halogenated alkanes) is 57. The zero-order chi connectivity index (χ0) is 76.2. The highest BCUT2D eigenvalue weighted by atomic mass is 31.2. The van der Waals surface area contributed by atoms with Gasteiger partial charge in [0, 0.05) is 25.7 Å². The third-order valence-corrected chi connectivity index (χ3v) is 21.9. The lowest BCUT2D eigenvalue weighted by Crippen LogP contribution is -2.30. The molecule has 0 fully saturated rings. The quantitative estimate of drug-likeness (QED) is 0.0222. The second-order valence-corrected chi connectivity index (χ2v) is 34.0. The van der Waals surface area contributed by atoms with Gasteiger partial charge in [0.2, 0.25) is 0 Å². The van der Waals surface area contributed by atoms with Gasteiger partial charge < -0.3 is 33.8 Å². The van der Waals surface area contributed by atoms with Crippen molar-refractivity contribution in [3.05, 3.63) is 0 Å². The molecule has 17 nitrogen and oxygen atoms in total. The molecular weight excluding hydrogens is 1350 g/mol. The Kier molecular flexibility index (Phi) is 76.3. The van der Waals surface area contributed by atoms with Crippen LogP contribution in [0.3, 0.4) is 0 Å². The third kappa shape index (κ3) is 78.2. The fraction of sp³-hybridized carbons (Fsp3) is 0.953. The predicted molar refractivity (Wildman–Crippen MR) is 428 cm³/mol. The maximum Gasteiger partial charge on any atom is 0.472 e. The standard InChI is InChI=1S/C85H166O17P2/c1-6-9-12-15-18-21-24-27-28-29-30-31-32-33-38-41-46-51-56-61-66-71-85(90)102-81(75-96-83(88)69-64-59-54-49-45-40-37-35-34-36-39-42-47-52-57-62-67-78(4)5)77-100-104(93,94)98-73-79(86)72-97-103(91,92)99-76-80(101-84(89)70-65-60-55-50-44-26-23-20-17-14-11-8-3)74-95-82(87)68-63-58-53-48-43-25-22-19-16-13-10-7-2/h78-81,86H,6-77H2,1-5H3,(H,91,92)(H,93,94)/t79-,80+,81+/m0/s1. The number of rotatable bonds is 85. The van der Waals surface area contributed by atoms with E-state index in [1.807, 2.05) is 0 Å². The molecule has 0 aliphatic heterocycles. The summed E-state index contributed by atoms with van der Waals surface area (Å²) in [7, 11) is -9.92. The molecule has 618 valence electrons. The monoisotopic (exact) mass is 1520 g/mol. The van der Waals surface area contributed by atoms with Gasteiger partial charge in [0.05, 0.1) is 26.4 Å². The van der Waals surface area contributed by atoms with Crippen LogP contribution in [0.5, 0.6) is 0 Å². The van der Waals surface area contributed by atoms with Crippen molar-refractivity contribution in [3.8, 4) is 0 Å². The molecule has 0 aromatic rings. The highest BCUT2D eigenvalue weighted by Crippen LogP contribution is 2.45. The topological polar surface area (TPSA) is 237 Å². The molecule has 0 aliphatic rings. The Morgan fingerprint density at radius 3 is 0.654 bits per heavy atom. The molecule has 0 rings (SSSR count). The molecule has 0 heterocycles. The SMILES string of the molecule is CCCCCCCCCCCCCCCCCCCCCCCC(=O)O[C@H](COC(=O)CCCCCCCCCCCCCCCCCCC(C)C)COP(=O)(O)OC[C@@H](O)COP(=O)(O)OC[C@@H](COC(=O)CCCCCCCCCCCCCC)OC(=O)CCCCCCCCCCCCCC. The highest BCUT2D eigenvalue weighted by molar-refractivity contribution is 7.47. The molecule has 0 aromatic carbocycles. The van der Waals surface area contributed by atoms with Gasteiger partial charge in [0.1, 0.15) is 19.3 Å². The van der Waals surface area contributed by atoms with E-state index in [0.29, 0.717) is 25.7 Å². The summed E-state index contributed by atoms with van der Waals surface area (Å²) in [5.74, 6) is -1.29. The van der Waals surface area contributed by atoms with Crippen molar-refractivity contribution < 1.29 is 80.2 Å². The van der Waals surface area contributed by atoms with Gasteiger partial charge in [0.15, 0.2) is 12.2 Å². The second kappa shape index (κ2) is 77.8. The Morgan fingerprint density at radius 2 is 0.442 bits per heavy atom. The molecular formula is C85H166O17P2. The van der Waals surface area contributed by atoms with Crippen LogP contribution in [0.4, 0.5) is 0 Å². The first-order valence-electron chi connectivity index (χ1n) is 44.1. The van der Waals surface area contributed by atoms with E-state index in [0.717, 1.165) is 95.8 Å². The minimum Gasteiger partial charge on any atom is -0.462 e. The van der Waals surface area contributed by atoms with Crippen LogP contribution >= 0.6 is 15.6 Å². The molecule has 0 saturated heterocycles. The summed E-state index contributed by atoms with van der Waals surface area (Å²) in [4.78, 5) is 73.2. The van der Waals surface area contributed by atoms with Gasteiger partial charge in [-0.3, -0.25) is 37.3 Å². The van der Waals surface area contributed by atoms with Crippen LogP contribution in [0.25, 0.3) is 0 Å². The Bertz CT molecular complexity index is 1980.